The Morgan fingerprint density at radius 1 is 1.32 bits per heavy atom. The second-order valence-corrected chi connectivity index (χ2v) is 6.67. The lowest BCUT2D eigenvalue weighted by Gasteiger charge is -2.14. The van der Waals surface area contributed by atoms with Crippen molar-refractivity contribution >= 4 is 10.0 Å². The molecule has 2 N–H and O–H groups in total. The highest BCUT2D eigenvalue weighted by Crippen LogP contribution is 2.19. The summed E-state index contributed by atoms with van der Waals surface area (Å²) in [4.78, 5) is 0.378. The highest BCUT2D eigenvalue weighted by molar-refractivity contribution is 7.89. The summed E-state index contributed by atoms with van der Waals surface area (Å²) in [5, 5.41) is 3.05. The van der Waals surface area contributed by atoms with Gasteiger partial charge >= 0.3 is 0 Å². The van der Waals surface area contributed by atoms with Crippen molar-refractivity contribution in [1.82, 2.24) is 10.0 Å². The van der Waals surface area contributed by atoms with Gasteiger partial charge in [0.2, 0.25) is 10.0 Å². The third-order valence-electron chi connectivity index (χ3n) is 3.37. The molecule has 0 spiro atoms. The molecule has 5 heteroatoms. The maximum absolute atomic E-state index is 12.3. The van der Waals surface area contributed by atoms with Gasteiger partial charge in [0.05, 0.1) is 4.90 Å². The molecule has 4 nitrogen and oxygen atoms in total. The minimum absolute atomic E-state index is 0.343. The van der Waals surface area contributed by atoms with E-state index in [-0.39, 0.29) is 0 Å². The average Bonchev–Trinajstić information content (AvgIpc) is 2.38. The number of benzene rings is 1. The van der Waals surface area contributed by atoms with E-state index in [1.165, 1.54) is 0 Å². The zero-order valence-corrected chi connectivity index (χ0v) is 13.0. The first-order valence-corrected chi connectivity index (χ1v) is 8.13. The van der Waals surface area contributed by atoms with E-state index in [4.69, 9.17) is 0 Å². The van der Waals surface area contributed by atoms with Crippen molar-refractivity contribution in [3.8, 4) is 0 Å². The van der Waals surface area contributed by atoms with Crippen LogP contribution >= 0.6 is 0 Å². The molecule has 1 unspecified atom stereocenters. The van der Waals surface area contributed by atoms with E-state index in [1.807, 2.05) is 27.0 Å². The molecule has 0 aliphatic rings. The lowest BCUT2D eigenvalue weighted by Crippen LogP contribution is -2.29. The third-order valence-corrected chi connectivity index (χ3v) is 4.94. The molecule has 1 rings (SSSR count). The zero-order valence-electron chi connectivity index (χ0n) is 12.2. The standard InChI is InChI=1S/C14H24N2O2S/c1-5-11(2)9-16-19(17,18)14-8-6-7-13(10-15-4)12(14)3/h6-8,11,15-16H,5,9-10H2,1-4H3. The summed E-state index contributed by atoms with van der Waals surface area (Å²) in [6.45, 7) is 7.09. The maximum atomic E-state index is 12.3. The highest BCUT2D eigenvalue weighted by Gasteiger charge is 2.18. The van der Waals surface area contributed by atoms with Crippen LogP contribution in [0.1, 0.15) is 31.4 Å². The molecule has 0 bridgehead atoms. The normalized spacial score (nSPS) is 13.5. The molecule has 108 valence electrons. The van der Waals surface area contributed by atoms with E-state index in [0.29, 0.717) is 23.9 Å². The zero-order chi connectivity index (χ0) is 14.5. The van der Waals surface area contributed by atoms with Gasteiger partial charge in [-0.15, -0.1) is 0 Å². The number of hydrogen-bond donors (Lipinski definition) is 2. The lowest BCUT2D eigenvalue weighted by atomic mass is 10.1. The van der Waals surface area contributed by atoms with Crippen LogP contribution in [0.4, 0.5) is 0 Å². The molecule has 0 aliphatic carbocycles. The fourth-order valence-electron chi connectivity index (χ4n) is 1.81. The van der Waals surface area contributed by atoms with E-state index >= 15 is 0 Å². The molecule has 1 aromatic rings. The molecule has 1 aromatic carbocycles. The van der Waals surface area contributed by atoms with Gasteiger partial charge in [0.1, 0.15) is 0 Å². The molecule has 19 heavy (non-hydrogen) atoms. The van der Waals surface area contributed by atoms with Crippen LogP contribution in [-0.2, 0) is 16.6 Å². The SMILES string of the molecule is CCC(C)CNS(=O)(=O)c1cccc(CNC)c1C. The van der Waals surface area contributed by atoms with Gasteiger partial charge in [-0.25, -0.2) is 13.1 Å². The molecule has 1 atom stereocenters. The molecule has 0 saturated carbocycles. The first-order valence-electron chi connectivity index (χ1n) is 6.65. The van der Waals surface area contributed by atoms with Crippen molar-refractivity contribution in [1.29, 1.82) is 0 Å². The summed E-state index contributed by atoms with van der Waals surface area (Å²) in [5.74, 6) is 0.343. The van der Waals surface area contributed by atoms with Gasteiger partial charge in [-0.05, 0) is 37.1 Å². The van der Waals surface area contributed by atoms with Crippen LogP contribution in [0.15, 0.2) is 23.1 Å². The van der Waals surface area contributed by atoms with Gasteiger partial charge in [0.15, 0.2) is 0 Å². The molecule has 0 fully saturated rings. The second kappa shape index (κ2) is 7.03. The summed E-state index contributed by atoms with van der Waals surface area (Å²) < 4.78 is 27.3. The Balaban J connectivity index is 2.98. The summed E-state index contributed by atoms with van der Waals surface area (Å²) in [5.41, 5.74) is 1.82. The molecular formula is C14H24N2O2S. The van der Waals surface area contributed by atoms with Crippen LogP contribution in [0.25, 0.3) is 0 Å². The van der Waals surface area contributed by atoms with E-state index in [2.05, 4.69) is 17.0 Å². The Kier molecular flexibility index (Phi) is 5.97. The Hall–Kier alpha value is -0.910. The lowest BCUT2D eigenvalue weighted by molar-refractivity contribution is 0.528. The summed E-state index contributed by atoms with van der Waals surface area (Å²) in [6, 6.07) is 5.39. The molecule has 0 amide bonds. The van der Waals surface area contributed by atoms with Gasteiger partial charge in [0.25, 0.3) is 0 Å². The number of rotatable bonds is 7. The van der Waals surface area contributed by atoms with Crippen molar-refractivity contribution in [3.05, 3.63) is 29.3 Å². The van der Waals surface area contributed by atoms with E-state index in [0.717, 1.165) is 17.5 Å². The number of hydrogen-bond acceptors (Lipinski definition) is 3. The van der Waals surface area contributed by atoms with Gasteiger partial charge in [0, 0.05) is 13.1 Å². The molecule has 0 aliphatic heterocycles. The van der Waals surface area contributed by atoms with Gasteiger partial charge in [-0.3, -0.25) is 0 Å². The third kappa shape index (κ3) is 4.30. The predicted molar refractivity (Wildman–Crippen MR) is 78.6 cm³/mol. The van der Waals surface area contributed by atoms with Crippen LogP contribution in [0.5, 0.6) is 0 Å². The Morgan fingerprint density at radius 3 is 2.58 bits per heavy atom. The van der Waals surface area contributed by atoms with Crippen molar-refractivity contribution in [3.63, 3.8) is 0 Å². The van der Waals surface area contributed by atoms with Crippen molar-refractivity contribution < 1.29 is 8.42 Å². The smallest absolute Gasteiger partial charge is 0.240 e. The summed E-state index contributed by atoms with van der Waals surface area (Å²) in [7, 11) is -1.57. The van der Waals surface area contributed by atoms with Crippen LogP contribution in [0.3, 0.4) is 0 Å². The van der Waals surface area contributed by atoms with Crippen LogP contribution in [-0.4, -0.2) is 22.0 Å². The molecule has 0 radical (unpaired) electrons. The van der Waals surface area contributed by atoms with Gasteiger partial charge in [-0.1, -0.05) is 32.4 Å². The average molecular weight is 284 g/mol. The predicted octanol–water partition coefficient (Wildman–Crippen LogP) is 2.04. The quantitative estimate of drug-likeness (QED) is 0.805. The second-order valence-electron chi connectivity index (χ2n) is 4.94. The molecule has 0 aromatic heterocycles. The molecule has 0 heterocycles. The Bertz CT molecular complexity index is 512. The largest absolute Gasteiger partial charge is 0.316 e. The van der Waals surface area contributed by atoms with Crippen LogP contribution < -0.4 is 10.0 Å². The van der Waals surface area contributed by atoms with Crippen molar-refractivity contribution in [2.24, 2.45) is 5.92 Å². The van der Waals surface area contributed by atoms with Crippen LogP contribution in [0, 0.1) is 12.8 Å². The topological polar surface area (TPSA) is 58.2 Å². The van der Waals surface area contributed by atoms with E-state index in [9.17, 15) is 8.42 Å². The first-order chi connectivity index (χ1) is 8.92. The van der Waals surface area contributed by atoms with Crippen LogP contribution in [0.2, 0.25) is 0 Å². The monoisotopic (exact) mass is 284 g/mol. The molecule has 0 saturated heterocycles. The molecular weight excluding hydrogens is 260 g/mol. The number of sulfonamides is 1. The Morgan fingerprint density at radius 2 is 2.00 bits per heavy atom. The maximum Gasteiger partial charge on any atom is 0.240 e. The minimum Gasteiger partial charge on any atom is -0.316 e. The van der Waals surface area contributed by atoms with E-state index in [1.54, 1.807) is 12.1 Å². The van der Waals surface area contributed by atoms with Crippen molar-refractivity contribution in [2.75, 3.05) is 13.6 Å². The van der Waals surface area contributed by atoms with Gasteiger partial charge < -0.3 is 5.32 Å². The van der Waals surface area contributed by atoms with Crippen molar-refractivity contribution in [2.45, 2.75) is 38.6 Å². The first kappa shape index (κ1) is 16.1. The summed E-state index contributed by atoms with van der Waals surface area (Å²) >= 11 is 0. The van der Waals surface area contributed by atoms with E-state index < -0.39 is 10.0 Å². The fraction of sp³-hybridized carbons (Fsp3) is 0.571. The Labute approximate surface area is 116 Å². The number of nitrogens with one attached hydrogen (secondary N) is 2. The van der Waals surface area contributed by atoms with Gasteiger partial charge in [-0.2, -0.15) is 0 Å². The summed E-state index contributed by atoms with van der Waals surface area (Å²) in [6.07, 6.45) is 0.960. The minimum atomic E-state index is -3.41. The fourth-order valence-corrected chi connectivity index (χ4v) is 3.26. The highest BCUT2D eigenvalue weighted by atomic mass is 32.2.